The number of benzene rings is 1. The summed E-state index contributed by atoms with van der Waals surface area (Å²) in [6, 6.07) is 7.95. The van der Waals surface area contributed by atoms with E-state index in [0.717, 1.165) is 42.8 Å². The van der Waals surface area contributed by atoms with Crippen molar-refractivity contribution in [1.82, 2.24) is 10.2 Å². The monoisotopic (exact) mass is 319 g/mol. The van der Waals surface area contributed by atoms with Crippen LogP contribution in [0, 0.1) is 5.92 Å². The van der Waals surface area contributed by atoms with Crippen LogP contribution in [-0.4, -0.2) is 51.3 Å². The number of piperidine rings is 1. The van der Waals surface area contributed by atoms with Crippen LogP contribution in [0.3, 0.4) is 0 Å². The third-order valence-electron chi connectivity index (χ3n) is 4.15. The highest BCUT2D eigenvalue weighted by Gasteiger charge is 2.18. The molecule has 1 N–H and O–H groups in total. The zero-order valence-electron chi connectivity index (χ0n) is 14.5. The third-order valence-corrected chi connectivity index (χ3v) is 4.15. The van der Waals surface area contributed by atoms with E-state index in [-0.39, 0.29) is 0 Å². The molecule has 5 heteroatoms. The summed E-state index contributed by atoms with van der Waals surface area (Å²) in [6.45, 7) is 6.43. The lowest BCUT2D eigenvalue weighted by Gasteiger charge is -2.33. The highest BCUT2D eigenvalue weighted by molar-refractivity contribution is 5.79. The molecule has 128 valence electrons. The van der Waals surface area contributed by atoms with Crippen molar-refractivity contribution >= 4 is 5.96 Å². The smallest absolute Gasteiger partial charge is 0.193 e. The predicted octanol–water partition coefficient (Wildman–Crippen LogP) is 2.52. The van der Waals surface area contributed by atoms with Crippen LogP contribution in [0.4, 0.5) is 0 Å². The van der Waals surface area contributed by atoms with Gasteiger partial charge in [-0.25, -0.2) is 0 Å². The molecule has 0 spiro atoms. The molecule has 5 nitrogen and oxygen atoms in total. The van der Waals surface area contributed by atoms with E-state index in [9.17, 15) is 0 Å². The molecule has 1 atom stereocenters. The van der Waals surface area contributed by atoms with Crippen molar-refractivity contribution in [3.63, 3.8) is 0 Å². The standard InChI is InChI=1S/C18H29N3O2/c1-15-7-6-11-21(13-15)18(19-2)20-10-12-23-14-16-8-4-5-9-17(16)22-3/h4-5,8-9,15H,6-7,10-14H2,1-3H3,(H,19,20). The van der Waals surface area contributed by atoms with Gasteiger partial charge in [-0.1, -0.05) is 25.1 Å². The lowest BCUT2D eigenvalue weighted by molar-refractivity contribution is 0.122. The second-order valence-electron chi connectivity index (χ2n) is 6.03. The quantitative estimate of drug-likeness (QED) is 0.497. The normalized spacial score (nSPS) is 18.8. The van der Waals surface area contributed by atoms with Crippen molar-refractivity contribution in [1.29, 1.82) is 0 Å². The van der Waals surface area contributed by atoms with E-state index in [4.69, 9.17) is 9.47 Å². The molecule has 0 aliphatic carbocycles. The third kappa shape index (κ3) is 5.43. The number of hydrogen-bond acceptors (Lipinski definition) is 3. The van der Waals surface area contributed by atoms with Crippen molar-refractivity contribution in [3.05, 3.63) is 29.8 Å². The fourth-order valence-electron chi connectivity index (χ4n) is 2.95. The van der Waals surface area contributed by atoms with Crippen LogP contribution in [0.25, 0.3) is 0 Å². The van der Waals surface area contributed by atoms with Crippen molar-refractivity contribution < 1.29 is 9.47 Å². The number of hydrogen-bond donors (Lipinski definition) is 1. The summed E-state index contributed by atoms with van der Waals surface area (Å²) in [5.74, 6) is 2.60. The Hall–Kier alpha value is -1.75. The van der Waals surface area contributed by atoms with E-state index in [2.05, 4.69) is 22.1 Å². The molecule has 0 saturated carbocycles. The van der Waals surface area contributed by atoms with E-state index in [1.54, 1.807) is 7.11 Å². The number of ether oxygens (including phenoxy) is 2. The first-order valence-electron chi connectivity index (χ1n) is 8.39. The summed E-state index contributed by atoms with van der Waals surface area (Å²) in [6.07, 6.45) is 2.56. The highest BCUT2D eigenvalue weighted by atomic mass is 16.5. The molecule has 1 fully saturated rings. The van der Waals surface area contributed by atoms with Crippen molar-refractivity contribution in [2.75, 3.05) is 40.4 Å². The second-order valence-corrected chi connectivity index (χ2v) is 6.03. The zero-order valence-corrected chi connectivity index (χ0v) is 14.5. The van der Waals surface area contributed by atoms with Gasteiger partial charge in [-0.15, -0.1) is 0 Å². The Bertz CT molecular complexity index is 505. The number of nitrogens with one attached hydrogen (secondary N) is 1. The van der Waals surface area contributed by atoms with E-state index < -0.39 is 0 Å². The zero-order chi connectivity index (χ0) is 16.5. The molecule has 0 amide bonds. The van der Waals surface area contributed by atoms with Gasteiger partial charge >= 0.3 is 0 Å². The van der Waals surface area contributed by atoms with Gasteiger partial charge < -0.3 is 19.7 Å². The van der Waals surface area contributed by atoms with E-state index >= 15 is 0 Å². The number of guanidine groups is 1. The van der Waals surface area contributed by atoms with Crippen molar-refractivity contribution in [2.45, 2.75) is 26.4 Å². The van der Waals surface area contributed by atoms with E-state index in [1.165, 1.54) is 12.8 Å². The topological polar surface area (TPSA) is 46.1 Å². The average Bonchev–Trinajstić information content (AvgIpc) is 2.58. The number of nitrogens with zero attached hydrogens (tertiary/aromatic N) is 2. The lowest BCUT2D eigenvalue weighted by Crippen LogP contribution is -2.46. The fourth-order valence-corrected chi connectivity index (χ4v) is 2.95. The van der Waals surface area contributed by atoms with Crippen LogP contribution >= 0.6 is 0 Å². The first-order valence-corrected chi connectivity index (χ1v) is 8.39. The molecule has 1 heterocycles. The minimum atomic E-state index is 0.561. The Kier molecular flexibility index (Phi) is 7.20. The number of rotatable bonds is 6. The van der Waals surface area contributed by atoms with Crippen molar-refractivity contribution in [3.8, 4) is 5.75 Å². The predicted molar refractivity (Wildman–Crippen MR) is 94.0 cm³/mol. The highest BCUT2D eigenvalue weighted by Crippen LogP contribution is 2.18. The largest absolute Gasteiger partial charge is 0.496 e. The Balaban J connectivity index is 1.70. The average molecular weight is 319 g/mol. The SMILES string of the molecule is CN=C(NCCOCc1ccccc1OC)N1CCCC(C)C1. The molecule has 23 heavy (non-hydrogen) atoms. The minimum Gasteiger partial charge on any atom is -0.496 e. The molecule has 2 rings (SSSR count). The van der Waals surface area contributed by atoms with Gasteiger partial charge in [0, 0.05) is 32.2 Å². The molecule has 0 aromatic heterocycles. The van der Waals surface area contributed by atoms with Gasteiger partial charge in [-0.3, -0.25) is 4.99 Å². The summed E-state index contributed by atoms with van der Waals surface area (Å²) in [5.41, 5.74) is 1.07. The van der Waals surface area contributed by atoms with Crippen LogP contribution in [0.1, 0.15) is 25.3 Å². The van der Waals surface area contributed by atoms with Gasteiger partial charge in [0.05, 0.1) is 20.3 Å². The number of methoxy groups -OCH3 is 1. The Morgan fingerprint density at radius 3 is 2.96 bits per heavy atom. The Labute approximate surface area is 139 Å². The molecule has 1 unspecified atom stereocenters. The number of para-hydroxylation sites is 1. The Morgan fingerprint density at radius 1 is 1.39 bits per heavy atom. The summed E-state index contributed by atoms with van der Waals surface area (Å²) in [7, 11) is 3.53. The van der Waals surface area contributed by atoms with Crippen LogP contribution in [0.5, 0.6) is 5.75 Å². The van der Waals surface area contributed by atoms with Gasteiger partial charge in [-0.05, 0) is 24.8 Å². The van der Waals surface area contributed by atoms with Gasteiger partial charge in [0.1, 0.15) is 5.75 Å². The maximum absolute atomic E-state index is 5.75. The van der Waals surface area contributed by atoms with Gasteiger partial charge in [0.15, 0.2) is 5.96 Å². The Morgan fingerprint density at radius 2 is 2.22 bits per heavy atom. The molecule has 1 aliphatic rings. The molecule has 0 radical (unpaired) electrons. The molecule has 1 aromatic rings. The summed E-state index contributed by atoms with van der Waals surface area (Å²) < 4.78 is 11.1. The van der Waals surface area contributed by atoms with E-state index in [1.807, 2.05) is 31.3 Å². The van der Waals surface area contributed by atoms with Gasteiger partial charge in [-0.2, -0.15) is 0 Å². The van der Waals surface area contributed by atoms with Crippen LogP contribution in [0.2, 0.25) is 0 Å². The summed E-state index contributed by atoms with van der Waals surface area (Å²) in [5, 5.41) is 3.39. The van der Waals surface area contributed by atoms with Crippen LogP contribution < -0.4 is 10.1 Å². The first-order chi connectivity index (χ1) is 11.2. The molecule has 1 saturated heterocycles. The summed E-state index contributed by atoms with van der Waals surface area (Å²) >= 11 is 0. The molecule has 1 aromatic carbocycles. The first kappa shape index (κ1) is 17.6. The van der Waals surface area contributed by atoms with Crippen LogP contribution in [0.15, 0.2) is 29.3 Å². The maximum Gasteiger partial charge on any atom is 0.193 e. The molecule has 1 aliphatic heterocycles. The minimum absolute atomic E-state index is 0.561. The van der Waals surface area contributed by atoms with E-state index in [0.29, 0.717) is 13.2 Å². The van der Waals surface area contributed by atoms with Crippen molar-refractivity contribution in [2.24, 2.45) is 10.9 Å². The maximum atomic E-state index is 5.75. The molecule has 0 bridgehead atoms. The molecular formula is C18H29N3O2. The lowest BCUT2D eigenvalue weighted by atomic mass is 10.0. The van der Waals surface area contributed by atoms with Crippen LogP contribution in [-0.2, 0) is 11.3 Å². The van der Waals surface area contributed by atoms with Gasteiger partial charge in [0.2, 0.25) is 0 Å². The number of likely N-dealkylation sites (tertiary alicyclic amines) is 1. The fraction of sp³-hybridized carbons (Fsp3) is 0.611. The second kappa shape index (κ2) is 9.40. The number of aliphatic imine (C=N–C) groups is 1. The summed E-state index contributed by atoms with van der Waals surface area (Å²) in [4.78, 5) is 6.73. The molecular weight excluding hydrogens is 290 g/mol. The van der Waals surface area contributed by atoms with Gasteiger partial charge in [0.25, 0.3) is 0 Å².